The summed E-state index contributed by atoms with van der Waals surface area (Å²) in [4.78, 5) is 23.2. The Kier molecular flexibility index (Phi) is 6.86. The van der Waals surface area contributed by atoms with Crippen molar-refractivity contribution < 1.29 is 23.2 Å². The summed E-state index contributed by atoms with van der Waals surface area (Å²) in [5.41, 5.74) is 0.392. The second-order valence-corrected chi connectivity index (χ2v) is 5.73. The fourth-order valence-corrected chi connectivity index (χ4v) is 2.53. The minimum absolute atomic E-state index is 0.0188. The predicted octanol–water partition coefficient (Wildman–Crippen LogP) is 0.860. The molecule has 1 rings (SSSR count). The maximum atomic E-state index is 11.8. The van der Waals surface area contributed by atoms with Crippen molar-refractivity contribution in [3.05, 3.63) is 21.7 Å². The van der Waals surface area contributed by atoms with E-state index < -0.39 is 29.1 Å². The van der Waals surface area contributed by atoms with E-state index in [2.05, 4.69) is 5.32 Å². The van der Waals surface area contributed by atoms with Crippen molar-refractivity contribution in [3.8, 4) is 0 Å². The highest BCUT2D eigenvalue weighted by Gasteiger charge is 2.26. The first-order valence-electron chi connectivity index (χ1n) is 6.38. The fraction of sp³-hybridized carbons (Fsp3) is 0.500. The number of nitrogens with zero attached hydrogens (tertiary/aromatic N) is 1. The van der Waals surface area contributed by atoms with E-state index in [0.717, 1.165) is 18.2 Å². The highest BCUT2D eigenvalue weighted by molar-refractivity contribution is 7.75. The lowest BCUT2D eigenvalue weighted by molar-refractivity contribution is -0.178. The van der Waals surface area contributed by atoms with Gasteiger partial charge in [-0.2, -0.15) is 5.06 Å². The third-order valence-electron chi connectivity index (χ3n) is 2.87. The smallest absolute Gasteiger partial charge is 0.272 e. The summed E-state index contributed by atoms with van der Waals surface area (Å²) in [7, 11) is -2.86. The number of thiol groups is 1. The lowest BCUT2D eigenvalue weighted by Crippen LogP contribution is -2.42. The Morgan fingerprint density at radius 3 is 2.67 bits per heavy atom. The van der Waals surface area contributed by atoms with Gasteiger partial charge < -0.3 is 5.32 Å². The molecule has 0 aromatic carbocycles. The summed E-state index contributed by atoms with van der Waals surface area (Å²) in [6.07, 6.45) is 1.78. The predicted molar refractivity (Wildman–Crippen MR) is 77.1 cm³/mol. The van der Waals surface area contributed by atoms with Gasteiger partial charge >= 0.3 is 0 Å². The number of allylic oxidation sites excluding steroid dienone is 2. The molecule has 0 spiro atoms. The van der Waals surface area contributed by atoms with Crippen LogP contribution in [0.25, 0.3) is 0 Å². The molecule has 0 aromatic heterocycles. The largest absolute Gasteiger partial charge is 0.375 e. The first-order chi connectivity index (χ1) is 9.86. The average Bonchev–Trinajstić information content (AvgIpc) is 2.43. The molecule has 118 valence electrons. The topological polar surface area (TPSA) is 104 Å². The number of nitrogens with one attached hydrogen (secondary N) is 1. The number of carbonyl (C=O) groups excluding carboxylic acids is 2. The van der Waals surface area contributed by atoms with Crippen LogP contribution in [0.4, 0.5) is 0 Å². The molecule has 1 heterocycles. The van der Waals surface area contributed by atoms with Crippen molar-refractivity contribution in [2.75, 3.05) is 6.54 Å². The molecule has 0 bridgehead atoms. The summed E-state index contributed by atoms with van der Waals surface area (Å²) in [5.74, 6) is -1.71. The highest BCUT2D eigenvalue weighted by atomic mass is 35.5. The van der Waals surface area contributed by atoms with Crippen molar-refractivity contribution in [3.63, 3.8) is 0 Å². The zero-order valence-electron chi connectivity index (χ0n) is 11.5. The molecule has 2 N–H and O–H groups in total. The average molecular weight is 337 g/mol. The van der Waals surface area contributed by atoms with Gasteiger partial charge in [-0.25, -0.2) is 8.42 Å². The van der Waals surface area contributed by atoms with Gasteiger partial charge in [-0.15, -0.1) is 0 Å². The second kappa shape index (κ2) is 8.16. The van der Waals surface area contributed by atoms with Crippen LogP contribution in [0, 0.1) is 0 Å². The number of amides is 2. The maximum Gasteiger partial charge on any atom is 0.272 e. The van der Waals surface area contributed by atoms with Gasteiger partial charge in [0, 0.05) is 5.03 Å². The summed E-state index contributed by atoms with van der Waals surface area (Å²) in [6, 6.07) is 0. The van der Waals surface area contributed by atoms with E-state index in [1.165, 1.54) is 0 Å². The Hall–Kier alpha value is -1.38. The molecule has 1 aliphatic heterocycles. The monoisotopic (exact) mass is 336 g/mol. The number of unbranched alkanes of at least 4 members (excludes halogenated alkanes) is 1. The van der Waals surface area contributed by atoms with Gasteiger partial charge in [0.2, 0.25) is 0 Å². The summed E-state index contributed by atoms with van der Waals surface area (Å²) >= 11 is 6.16. The van der Waals surface area contributed by atoms with Crippen molar-refractivity contribution in [2.24, 2.45) is 0 Å². The van der Waals surface area contributed by atoms with Crippen molar-refractivity contribution in [2.45, 2.75) is 32.6 Å². The summed E-state index contributed by atoms with van der Waals surface area (Å²) in [5, 5.41) is 13.2. The van der Waals surface area contributed by atoms with Gasteiger partial charge in [0.05, 0.1) is 24.1 Å². The molecule has 21 heavy (non-hydrogen) atoms. The van der Waals surface area contributed by atoms with Crippen LogP contribution in [0.15, 0.2) is 21.7 Å². The summed E-state index contributed by atoms with van der Waals surface area (Å²) in [6.45, 7) is 1.56. The second-order valence-electron chi connectivity index (χ2n) is 4.44. The van der Waals surface area contributed by atoms with Crippen LogP contribution >= 0.6 is 11.6 Å². The molecule has 0 radical (unpaired) electrons. The Balaban J connectivity index is 3.22. The highest BCUT2D eigenvalue weighted by Crippen LogP contribution is 2.26. The van der Waals surface area contributed by atoms with Crippen LogP contribution < -0.4 is 5.32 Å². The van der Waals surface area contributed by atoms with E-state index in [4.69, 9.17) is 11.6 Å². The van der Waals surface area contributed by atoms with E-state index in [1.807, 2.05) is 6.92 Å². The number of halogens is 1. The number of hydrogen-bond donors (Lipinski definition) is 3. The Bertz CT molecular complexity index is 560. The van der Waals surface area contributed by atoms with Crippen LogP contribution in [-0.2, 0) is 20.3 Å². The molecule has 9 heteroatoms. The molecule has 1 fully saturated rings. The van der Waals surface area contributed by atoms with Gasteiger partial charge in [-0.05, 0) is 18.4 Å². The van der Waals surface area contributed by atoms with E-state index in [0.29, 0.717) is 11.5 Å². The SMILES string of the molecule is CCCC/C(Cl)=C1/CC(=O)N(O)C(=O)CN/C1=C\[SH](=O)=O. The van der Waals surface area contributed by atoms with Gasteiger partial charge in [0.25, 0.3) is 11.8 Å². The number of hydrogen-bond acceptors (Lipinski definition) is 6. The lowest BCUT2D eigenvalue weighted by atomic mass is 10.0. The molecule has 2 amide bonds. The fourth-order valence-electron chi connectivity index (χ4n) is 1.77. The number of rotatable bonds is 4. The van der Waals surface area contributed by atoms with E-state index in [-0.39, 0.29) is 22.8 Å². The standard InChI is InChI=1S/C12H17ClN2O5S/c1-2-3-4-9(13)8-5-11(16)15(18)12(17)6-14-10(8)7-21(19)20/h7,14,18,21H,2-6H2,1H3/b9-8+,10-7-. The van der Waals surface area contributed by atoms with Crippen molar-refractivity contribution >= 4 is 34.1 Å². The van der Waals surface area contributed by atoms with Crippen LogP contribution in [0.2, 0.25) is 0 Å². The molecule has 0 unspecified atom stereocenters. The first kappa shape index (κ1) is 17.7. The maximum absolute atomic E-state index is 11.8. The quantitative estimate of drug-likeness (QED) is 0.399. The molecule has 1 saturated heterocycles. The number of carbonyl (C=O) groups is 2. The molecule has 0 atom stereocenters. The van der Waals surface area contributed by atoms with Crippen LogP contribution in [0.1, 0.15) is 32.6 Å². The minimum atomic E-state index is -2.86. The zero-order valence-corrected chi connectivity index (χ0v) is 13.1. The zero-order chi connectivity index (χ0) is 16.0. The normalized spacial score (nSPS) is 21.3. The van der Waals surface area contributed by atoms with E-state index in [9.17, 15) is 23.2 Å². The van der Waals surface area contributed by atoms with Gasteiger partial charge in [0.1, 0.15) is 0 Å². The lowest BCUT2D eigenvalue weighted by Gasteiger charge is -2.22. The molecule has 0 saturated carbocycles. The molecule has 0 aromatic rings. The van der Waals surface area contributed by atoms with E-state index >= 15 is 0 Å². The Labute approximate surface area is 129 Å². The molecular weight excluding hydrogens is 320 g/mol. The van der Waals surface area contributed by atoms with Crippen molar-refractivity contribution in [1.82, 2.24) is 10.4 Å². The van der Waals surface area contributed by atoms with Crippen molar-refractivity contribution in [1.29, 1.82) is 0 Å². The van der Waals surface area contributed by atoms with Crippen LogP contribution in [0.5, 0.6) is 0 Å². The third kappa shape index (κ3) is 5.14. The van der Waals surface area contributed by atoms with Gasteiger partial charge in [-0.1, -0.05) is 24.9 Å². The molecule has 1 aliphatic rings. The molecule has 0 aliphatic carbocycles. The number of imide groups is 1. The summed E-state index contributed by atoms with van der Waals surface area (Å²) < 4.78 is 21.8. The third-order valence-corrected chi connectivity index (χ3v) is 3.75. The number of hydroxylamine groups is 2. The first-order valence-corrected chi connectivity index (χ1v) is 8.01. The molecule has 7 nitrogen and oxygen atoms in total. The van der Waals surface area contributed by atoms with Gasteiger partial charge in [0.15, 0.2) is 10.7 Å². The van der Waals surface area contributed by atoms with Crippen LogP contribution in [0.3, 0.4) is 0 Å². The Morgan fingerprint density at radius 2 is 2.10 bits per heavy atom. The molecular formula is C12H17ClN2O5S. The van der Waals surface area contributed by atoms with Gasteiger partial charge in [-0.3, -0.25) is 14.8 Å². The van der Waals surface area contributed by atoms with Crippen LogP contribution in [-0.4, -0.2) is 37.0 Å². The Morgan fingerprint density at radius 1 is 1.43 bits per heavy atom. The minimum Gasteiger partial charge on any atom is -0.375 e. The van der Waals surface area contributed by atoms with E-state index in [1.54, 1.807) is 0 Å².